The molecular formula is C19H13FN4O. The molecule has 0 bridgehead atoms. The van der Waals surface area contributed by atoms with Crippen LogP contribution in [0.2, 0.25) is 0 Å². The Kier molecular flexibility index (Phi) is 4.67. The number of benzene rings is 2. The first-order valence-corrected chi connectivity index (χ1v) is 7.43. The van der Waals surface area contributed by atoms with Crippen molar-refractivity contribution in [1.82, 2.24) is 4.98 Å². The molecule has 122 valence electrons. The van der Waals surface area contributed by atoms with Crippen molar-refractivity contribution in [2.24, 2.45) is 0 Å². The quantitative estimate of drug-likeness (QED) is 0.754. The van der Waals surface area contributed by atoms with Crippen LogP contribution in [0.25, 0.3) is 0 Å². The molecular weight excluding hydrogens is 319 g/mol. The number of nitrogens with one attached hydrogen (secondary N) is 2. The number of pyridine rings is 1. The molecule has 2 aromatic carbocycles. The van der Waals surface area contributed by atoms with Crippen LogP contribution in [0.15, 0.2) is 67.0 Å². The average molecular weight is 332 g/mol. The van der Waals surface area contributed by atoms with E-state index in [1.54, 1.807) is 42.6 Å². The third kappa shape index (κ3) is 4.18. The van der Waals surface area contributed by atoms with Gasteiger partial charge in [0.15, 0.2) is 0 Å². The Bertz CT molecular complexity index is 965. The van der Waals surface area contributed by atoms with E-state index in [0.29, 0.717) is 28.2 Å². The summed E-state index contributed by atoms with van der Waals surface area (Å²) in [6.45, 7) is 0. The van der Waals surface area contributed by atoms with Crippen molar-refractivity contribution in [3.05, 3.63) is 83.9 Å². The smallest absolute Gasteiger partial charge is 0.257 e. The molecule has 0 aliphatic heterocycles. The van der Waals surface area contributed by atoms with Crippen molar-refractivity contribution in [3.8, 4) is 6.07 Å². The van der Waals surface area contributed by atoms with Gasteiger partial charge < -0.3 is 10.6 Å². The lowest BCUT2D eigenvalue weighted by atomic mass is 10.2. The van der Waals surface area contributed by atoms with Crippen LogP contribution in [-0.2, 0) is 0 Å². The topological polar surface area (TPSA) is 77.8 Å². The first-order valence-electron chi connectivity index (χ1n) is 7.43. The Hall–Kier alpha value is -3.72. The number of hydrogen-bond acceptors (Lipinski definition) is 4. The van der Waals surface area contributed by atoms with Crippen molar-refractivity contribution < 1.29 is 9.18 Å². The number of halogens is 1. The van der Waals surface area contributed by atoms with Gasteiger partial charge in [-0.2, -0.15) is 5.26 Å². The van der Waals surface area contributed by atoms with Crippen LogP contribution in [0.5, 0.6) is 0 Å². The van der Waals surface area contributed by atoms with Crippen molar-refractivity contribution in [1.29, 1.82) is 5.26 Å². The van der Waals surface area contributed by atoms with E-state index in [0.717, 1.165) is 0 Å². The molecule has 0 radical (unpaired) electrons. The standard InChI is InChI=1S/C19H13FN4O/c20-15-4-2-6-17(9-15)24-19(25)14-8-18(12-22-11-14)23-16-5-1-3-13(7-16)10-21/h1-9,11-12,23H,(H,24,25). The van der Waals surface area contributed by atoms with E-state index in [9.17, 15) is 9.18 Å². The molecule has 1 amide bonds. The van der Waals surface area contributed by atoms with Crippen LogP contribution < -0.4 is 10.6 Å². The largest absolute Gasteiger partial charge is 0.354 e. The summed E-state index contributed by atoms with van der Waals surface area (Å²) in [5, 5.41) is 14.6. The lowest BCUT2D eigenvalue weighted by molar-refractivity contribution is 0.102. The summed E-state index contributed by atoms with van der Waals surface area (Å²) in [4.78, 5) is 16.3. The Morgan fingerprint density at radius 3 is 2.60 bits per heavy atom. The van der Waals surface area contributed by atoms with Gasteiger partial charge in [0.1, 0.15) is 5.82 Å². The molecule has 0 fully saturated rings. The average Bonchev–Trinajstić information content (AvgIpc) is 2.62. The molecule has 0 spiro atoms. The molecule has 0 saturated heterocycles. The number of carbonyl (C=O) groups excluding carboxylic acids is 1. The summed E-state index contributed by atoms with van der Waals surface area (Å²) in [5.74, 6) is -0.823. The Morgan fingerprint density at radius 2 is 1.80 bits per heavy atom. The van der Waals surface area contributed by atoms with Gasteiger partial charge in [-0.25, -0.2) is 4.39 Å². The first kappa shape index (κ1) is 16.1. The molecule has 6 heteroatoms. The molecule has 0 saturated carbocycles. The van der Waals surface area contributed by atoms with Crippen molar-refractivity contribution in [3.63, 3.8) is 0 Å². The predicted molar refractivity (Wildman–Crippen MR) is 93.0 cm³/mol. The van der Waals surface area contributed by atoms with E-state index in [1.165, 1.54) is 24.4 Å². The van der Waals surface area contributed by atoms with Crippen molar-refractivity contribution in [2.75, 3.05) is 10.6 Å². The van der Waals surface area contributed by atoms with Gasteiger partial charge in [0.05, 0.1) is 29.1 Å². The number of amides is 1. The third-order valence-corrected chi connectivity index (χ3v) is 3.36. The molecule has 1 heterocycles. The SMILES string of the molecule is N#Cc1cccc(Nc2cncc(C(=O)Nc3cccc(F)c3)c2)c1. The zero-order valence-electron chi connectivity index (χ0n) is 13.0. The van der Waals surface area contributed by atoms with E-state index in [1.807, 2.05) is 0 Å². The van der Waals surface area contributed by atoms with Gasteiger partial charge in [0, 0.05) is 17.6 Å². The number of aromatic nitrogens is 1. The minimum Gasteiger partial charge on any atom is -0.354 e. The number of carbonyl (C=O) groups is 1. The molecule has 3 rings (SSSR count). The summed E-state index contributed by atoms with van der Waals surface area (Å²) < 4.78 is 13.2. The number of hydrogen-bond donors (Lipinski definition) is 2. The maximum atomic E-state index is 13.2. The predicted octanol–water partition coefficient (Wildman–Crippen LogP) is 4.09. The summed E-state index contributed by atoms with van der Waals surface area (Å²) in [7, 11) is 0. The fourth-order valence-corrected chi connectivity index (χ4v) is 2.24. The molecule has 3 aromatic rings. The summed E-state index contributed by atoms with van der Waals surface area (Å²) >= 11 is 0. The van der Waals surface area contributed by atoms with Crippen LogP contribution in [0.4, 0.5) is 21.5 Å². The maximum absolute atomic E-state index is 13.2. The van der Waals surface area contributed by atoms with Gasteiger partial charge in [0.25, 0.3) is 5.91 Å². The first-order chi connectivity index (χ1) is 12.1. The zero-order valence-corrected chi connectivity index (χ0v) is 13.0. The molecule has 0 aliphatic carbocycles. The van der Waals surface area contributed by atoms with E-state index in [4.69, 9.17) is 5.26 Å². The zero-order chi connectivity index (χ0) is 17.6. The Morgan fingerprint density at radius 1 is 1.00 bits per heavy atom. The molecule has 5 nitrogen and oxygen atoms in total. The number of nitrogens with zero attached hydrogens (tertiary/aromatic N) is 2. The van der Waals surface area contributed by atoms with Gasteiger partial charge >= 0.3 is 0 Å². The second-order valence-electron chi connectivity index (χ2n) is 5.24. The highest BCUT2D eigenvalue weighted by Crippen LogP contribution is 2.18. The highest BCUT2D eigenvalue weighted by Gasteiger charge is 2.08. The van der Waals surface area contributed by atoms with Crippen LogP contribution >= 0.6 is 0 Å². The van der Waals surface area contributed by atoms with Gasteiger partial charge in [-0.3, -0.25) is 9.78 Å². The van der Waals surface area contributed by atoms with E-state index < -0.39 is 11.7 Å². The Labute approximate surface area is 143 Å². The van der Waals surface area contributed by atoms with Crippen molar-refractivity contribution in [2.45, 2.75) is 0 Å². The van der Waals surface area contributed by atoms with Crippen molar-refractivity contribution >= 4 is 23.0 Å². The fourth-order valence-electron chi connectivity index (χ4n) is 2.24. The molecule has 0 aliphatic rings. The van der Waals surface area contributed by atoms with Gasteiger partial charge in [-0.15, -0.1) is 0 Å². The van der Waals surface area contributed by atoms with E-state index in [2.05, 4.69) is 21.7 Å². The number of nitriles is 1. The number of anilines is 3. The minimum atomic E-state index is -0.427. The molecule has 0 atom stereocenters. The maximum Gasteiger partial charge on any atom is 0.257 e. The van der Waals surface area contributed by atoms with Crippen LogP contribution in [0, 0.1) is 17.1 Å². The highest BCUT2D eigenvalue weighted by molar-refractivity contribution is 6.04. The summed E-state index contributed by atoms with van der Waals surface area (Å²) in [6, 6.07) is 16.3. The van der Waals surface area contributed by atoms with Crippen LogP contribution in [0.3, 0.4) is 0 Å². The molecule has 0 unspecified atom stereocenters. The Balaban J connectivity index is 1.76. The van der Waals surface area contributed by atoms with Crippen LogP contribution in [-0.4, -0.2) is 10.9 Å². The minimum absolute atomic E-state index is 0.325. The lowest BCUT2D eigenvalue weighted by Crippen LogP contribution is -2.12. The van der Waals surface area contributed by atoms with Gasteiger partial charge in [-0.1, -0.05) is 12.1 Å². The summed E-state index contributed by atoms with van der Waals surface area (Å²) in [6.07, 6.45) is 2.99. The lowest BCUT2D eigenvalue weighted by Gasteiger charge is -2.09. The second-order valence-corrected chi connectivity index (χ2v) is 5.24. The summed E-state index contributed by atoms with van der Waals surface area (Å²) in [5.41, 5.74) is 2.53. The monoisotopic (exact) mass is 332 g/mol. The normalized spacial score (nSPS) is 9.92. The van der Waals surface area contributed by atoms with E-state index >= 15 is 0 Å². The second kappa shape index (κ2) is 7.23. The highest BCUT2D eigenvalue weighted by atomic mass is 19.1. The van der Waals surface area contributed by atoms with E-state index in [-0.39, 0.29) is 0 Å². The van der Waals surface area contributed by atoms with Crippen LogP contribution in [0.1, 0.15) is 15.9 Å². The van der Waals surface area contributed by atoms with Gasteiger partial charge in [-0.05, 0) is 42.5 Å². The third-order valence-electron chi connectivity index (χ3n) is 3.36. The molecule has 25 heavy (non-hydrogen) atoms. The number of rotatable bonds is 4. The molecule has 1 aromatic heterocycles. The molecule has 2 N–H and O–H groups in total. The fraction of sp³-hybridized carbons (Fsp3) is 0. The van der Waals surface area contributed by atoms with Gasteiger partial charge in [0.2, 0.25) is 0 Å².